The van der Waals surface area contributed by atoms with Crippen molar-refractivity contribution in [3.8, 4) is 0 Å². The summed E-state index contributed by atoms with van der Waals surface area (Å²) in [6.07, 6.45) is 88.1. The molecule has 0 fully saturated rings. The molecule has 0 spiro atoms. The van der Waals surface area contributed by atoms with Crippen molar-refractivity contribution in [2.45, 2.75) is 431 Å². The van der Waals surface area contributed by atoms with Crippen LogP contribution >= 0.6 is 0 Å². The van der Waals surface area contributed by atoms with Crippen LogP contribution in [0.25, 0.3) is 0 Å². The van der Waals surface area contributed by atoms with E-state index in [1.54, 1.807) is 0 Å². The van der Waals surface area contributed by atoms with E-state index in [-0.39, 0.29) is 31.1 Å². The van der Waals surface area contributed by atoms with Gasteiger partial charge >= 0.3 is 17.9 Å². The molecule has 0 rings (SSSR count). The van der Waals surface area contributed by atoms with Crippen molar-refractivity contribution in [3.05, 3.63) is 24.3 Å². The number of unbranched alkanes of at least 4 members (excludes halogenated alkanes) is 55. The van der Waals surface area contributed by atoms with Gasteiger partial charge in [-0.05, 0) is 44.9 Å². The molecule has 1 atom stereocenters. The zero-order valence-corrected chi connectivity index (χ0v) is 55.8. The Bertz CT molecular complexity index is 1320. The Morgan fingerprint density at radius 2 is 0.463 bits per heavy atom. The maximum Gasteiger partial charge on any atom is 0.306 e. The molecule has 1 unspecified atom stereocenters. The fraction of sp³-hybridized carbons (Fsp3) is 0.908. The zero-order valence-electron chi connectivity index (χ0n) is 55.8. The van der Waals surface area contributed by atoms with E-state index in [4.69, 9.17) is 14.2 Å². The molecule has 0 aliphatic heterocycles. The van der Waals surface area contributed by atoms with Gasteiger partial charge in [-0.25, -0.2) is 0 Å². The second-order valence-corrected chi connectivity index (χ2v) is 25.6. The van der Waals surface area contributed by atoms with Crippen LogP contribution in [0.3, 0.4) is 0 Å². The third kappa shape index (κ3) is 68.7. The van der Waals surface area contributed by atoms with Crippen LogP contribution in [0.5, 0.6) is 0 Å². The van der Waals surface area contributed by atoms with Crippen LogP contribution in [0.1, 0.15) is 425 Å². The first-order valence-corrected chi connectivity index (χ1v) is 37.3. The van der Waals surface area contributed by atoms with E-state index in [0.717, 1.165) is 83.5 Å². The lowest BCUT2D eigenvalue weighted by Gasteiger charge is -2.18. The highest BCUT2D eigenvalue weighted by molar-refractivity contribution is 5.71. The number of ether oxygens (including phenoxy) is 3. The third-order valence-corrected chi connectivity index (χ3v) is 17.2. The number of carbonyl (C=O) groups is 3. The number of hydrogen-bond donors (Lipinski definition) is 0. The zero-order chi connectivity index (χ0) is 59.2. The molecule has 6 nitrogen and oxygen atoms in total. The van der Waals surface area contributed by atoms with Crippen molar-refractivity contribution < 1.29 is 28.6 Å². The highest BCUT2D eigenvalue weighted by atomic mass is 16.6. The molecule has 6 heteroatoms. The monoisotopic (exact) mass is 1150 g/mol. The van der Waals surface area contributed by atoms with Crippen molar-refractivity contribution in [1.29, 1.82) is 0 Å². The summed E-state index contributed by atoms with van der Waals surface area (Å²) in [5.74, 6) is -0.850. The molecule has 0 saturated heterocycles. The SMILES string of the molecule is CCC/C=C\C/C=C\CCCCCCCC(=O)OCC(COC(=O)CCCCCCCCCCCCCCCCCCCCCCCCCCCCCCC)OC(=O)CCCCCCCCCCCCCCCCCCCCCCCC. The maximum absolute atomic E-state index is 13.0. The van der Waals surface area contributed by atoms with Crippen LogP contribution in [0.4, 0.5) is 0 Å². The van der Waals surface area contributed by atoms with E-state index in [1.807, 2.05) is 0 Å². The van der Waals surface area contributed by atoms with Crippen molar-refractivity contribution in [3.63, 3.8) is 0 Å². The highest BCUT2D eigenvalue weighted by Crippen LogP contribution is 2.20. The minimum atomic E-state index is -0.774. The first-order valence-electron chi connectivity index (χ1n) is 37.3. The Morgan fingerprint density at radius 1 is 0.244 bits per heavy atom. The van der Waals surface area contributed by atoms with Crippen LogP contribution < -0.4 is 0 Å². The summed E-state index contributed by atoms with van der Waals surface area (Å²) < 4.78 is 17.0. The molecule has 0 N–H and O–H groups in total. The Hall–Kier alpha value is -2.11. The van der Waals surface area contributed by atoms with Crippen LogP contribution in [-0.4, -0.2) is 37.2 Å². The summed E-state index contributed by atoms with van der Waals surface area (Å²) in [6, 6.07) is 0. The second-order valence-electron chi connectivity index (χ2n) is 25.6. The number of carbonyl (C=O) groups excluding carboxylic acids is 3. The summed E-state index contributed by atoms with van der Waals surface area (Å²) >= 11 is 0. The van der Waals surface area contributed by atoms with Gasteiger partial charge in [-0.15, -0.1) is 0 Å². The van der Waals surface area contributed by atoms with E-state index in [0.29, 0.717) is 19.3 Å². The average Bonchev–Trinajstić information content (AvgIpc) is 3.48. The van der Waals surface area contributed by atoms with Gasteiger partial charge in [0, 0.05) is 19.3 Å². The number of rotatable bonds is 70. The van der Waals surface area contributed by atoms with Gasteiger partial charge in [-0.3, -0.25) is 14.4 Å². The van der Waals surface area contributed by atoms with Gasteiger partial charge in [0.25, 0.3) is 0 Å². The van der Waals surface area contributed by atoms with Crippen LogP contribution in [0.2, 0.25) is 0 Å². The standard InChI is InChI=1S/C76H144O6/c1-4-7-10-13-16-19-22-25-27-29-31-33-35-36-37-38-39-40-41-43-44-46-48-51-54-57-60-63-66-69-75(78)81-72-73(71-80-74(77)68-65-62-59-56-53-50-24-21-18-15-12-9-6-3)82-76(79)70-67-64-61-58-55-52-49-47-45-42-34-32-30-28-26-23-20-17-14-11-8-5-2/h12,15,21,24,73H,4-11,13-14,16-20,22-23,25-72H2,1-3H3/b15-12-,24-21-. The molecular weight excluding hydrogens is 1010 g/mol. The molecule has 82 heavy (non-hydrogen) atoms. The van der Waals surface area contributed by atoms with Gasteiger partial charge in [-0.2, -0.15) is 0 Å². The Labute approximate surface area is 513 Å². The van der Waals surface area contributed by atoms with Gasteiger partial charge in [0.2, 0.25) is 0 Å². The number of esters is 3. The minimum absolute atomic E-state index is 0.0692. The first-order chi connectivity index (χ1) is 40.5. The Balaban J connectivity index is 4.15. The fourth-order valence-corrected chi connectivity index (χ4v) is 11.6. The molecule has 0 aromatic heterocycles. The fourth-order valence-electron chi connectivity index (χ4n) is 11.6. The van der Waals surface area contributed by atoms with Gasteiger partial charge < -0.3 is 14.2 Å². The number of hydrogen-bond acceptors (Lipinski definition) is 6. The van der Waals surface area contributed by atoms with E-state index in [9.17, 15) is 14.4 Å². The lowest BCUT2D eigenvalue weighted by Crippen LogP contribution is -2.30. The topological polar surface area (TPSA) is 78.9 Å². The molecule has 0 bridgehead atoms. The van der Waals surface area contributed by atoms with E-state index in [1.165, 1.54) is 302 Å². The Morgan fingerprint density at radius 3 is 0.720 bits per heavy atom. The molecule has 0 radical (unpaired) electrons. The smallest absolute Gasteiger partial charge is 0.306 e. The largest absolute Gasteiger partial charge is 0.462 e. The second kappa shape index (κ2) is 71.4. The first kappa shape index (κ1) is 79.9. The quantitative estimate of drug-likeness (QED) is 0.0261. The van der Waals surface area contributed by atoms with Crippen LogP contribution in [0, 0.1) is 0 Å². The summed E-state index contributed by atoms with van der Waals surface area (Å²) in [6.45, 7) is 6.66. The molecule has 0 aliphatic rings. The molecule has 0 aromatic rings. The highest BCUT2D eigenvalue weighted by Gasteiger charge is 2.20. The molecule has 0 heterocycles. The van der Waals surface area contributed by atoms with Crippen molar-refractivity contribution in [2.24, 2.45) is 0 Å². The summed E-state index contributed by atoms with van der Waals surface area (Å²) in [5.41, 5.74) is 0. The summed E-state index contributed by atoms with van der Waals surface area (Å²) in [7, 11) is 0. The average molecular weight is 1150 g/mol. The molecule has 0 aliphatic carbocycles. The van der Waals surface area contributed by atoms with Crippen molar-refractivity contribution in [2.75, 3.05) is 13.2 Å². The Kier molecular flexibility index (Phi) is 69.5. The molecule has 0 amide bonds. The van der Waals surface area contributed by atoms with Gasteiger partial charge in [0.15, 0.2) is 6.10 Å². The summed E-state index contributed by atoms with van der Waals surface area (Å²) in [5, 5.41) is 0. The molecule has 484 valence electrons. The van der Waals surface area contributed by atoms with Crippen molar-refractivity contribution in [1.82, 2.24) is 0 Å². The third-order valence-electron chi connectivity index (χ3n) is 17.2. The maximum atomic E-state index is 13.0. The lowest BCUT2D eigenvalue weighted by atomic mass is 10.0. The molecule has 0 aromatic carbocycles. The lowest BCUT2D eigenvalue weighted by molar-refractivity contribution is -0.167. The predicted molar refractivity (Wildman–Crippen MR) is 358 cm³/mol. The van der Waals surface area contributed by atoms with Gasteiger partial charge in [0.1, 0.15) is 13.2 Å². The van der Waals surface area contributed by atoms with Crippen LogP contribution in [-0.2, 0) is 28.6 Å². The molecule has 0 saturated carbocycles. The molecular formula is C76H144O6. The van der Waals surface area contributed by atoms with Gasteiger partial charge in [0.05, 0.1) is 0 Å². The summed E-state index contributed by atoms with van der Waals surface area (Å²) in [4.78, 5) is 38.4. The van der Waals surface area contributed by atoms with Gasteiger partial charge in [-0.1, -0.05) is 385 Å². The van der Waals surface area contributed by atoms with E-state index in [2.05, 4.69) is 45.1 Å². The predicted octanol–water partition coefficient (Wildman–Crippen LogP) is 25.7. The minimum Gasteiger partial charge on any atom is -0.462 e. The van der Waals surface area contributed by atoms with E-state index >= 15 is 0 Å². The van der Waals surface area contributed by atoms with Crippen LogP contribution in [0.15, 0.2) is 24.3 Å². The van der Waals surface area contributed by atoms with E-state index < -0.39 is 6.10 Å². The van der Waals surface area contributed by atoms with Crippen molar-refractivity contribution >= 4 is 17.9 Å². The normalized spacial score (nSPS) is 12.1. The number of allylic oxidation sites excluding steroid dienone is 4.